The number of ether oxygens (including phenoxy) is 1. The van der Waals surface area contributed by atoms with Gasteiger partial charge in [-0.05, 0) is 70.0 Å². The van der Waals surface area contributed by atoms with Gasteiger partial charge in [0.15, 0.2) is 17.3 Å². The Morgan fingerprint density at radius 3 is 2.32 bits per heavy atom. The van der Waals surface area contributed by atoms with E-state index in [1.54, 1.807) is 32.9 Å². The summed E-state index contributed by atoms with van der Waals surface area (Å²) < 4.78 is 30.2. The van der Waals surface area contributed by atoms with Crippen molar-refractivity contribution in [2.45, 2.75) is 40.4 Å². The van der Waals surface area contributed by atoms with Crippen molar-refractivity contribution in [2.24, 2.45) is 0 Å². The summed E-state index contributed by atoms with van der Waals surface area (Å²) in [6.07, 6.45) is 0. The van der Waals surface area contributed by atoms with Gasteiger partial charge >= 0.3 is 7.60 Å². The van der Waals surface area contributed by atoms with Crippen LogP contribution in [0.3, 0.4) is 0 Å². The Hall–Kier alpha value is -2.08. The summed E-state index contributed by atoms with van der Waals surface area (Å²) in [5, 5.41) is 13.5. The first kappa shape index (κ1) is 22.2. The number of aryl methyl sites for hydroxylation is 3. The fourth-order valence-electron chi connectivity index (χ4n) is 2.97. The fourth-order valence-corrected chi connectivity index (χ4v) is 4.87. The summed E-state index contributed by atoms with van der Waals surface area (Å²) in [6.45, 7) is 9.54. The molecule has 7 nitrogen and oxygen atoms in total. The first-order chi connectivity index (χ1) is 13.3. The number of benzene rings is 1. The lowest BCUT2D eigenvalue weighted by molar-refractivity contribution is 0.214. The van der Waals surface area contributed by atoms with Gasteiger partial charge in [0.25, 0.3) is 0 Å². The lowest BCUT2D eigenvalue weighted by Gasteiger charge is -2.29. The monoisotopic (exact) mass is 408 g/mol. The standard InChI is InChI=1S/C20H29N2O5P/c1-7-26-28(24,27-8-2)20(22-17-10-9-14(4)21-15(17)5)16-11-13(3)19(23)18(12-16)25-6/h9-12,20,22-23H,7-8H2,1-6H3. The summed E-state index contributed by atoms with van der Waals surface area (Å²) >= 11 is 0. The van der Waals surface area contributed by atoms with Crippen LogP contribution < -0.4 is 10.1 Å². The van der Waals surface area contributed by atoms with Crippen LogP contribution in [0.25, 0.3) is 0 Å². The molecule has 0 spiro atoms. The normalized spacial score (nSPS) is 12.6. The highest BCUT2D eigenvalue weighted by Gasteiger charge is 2.38. The Kier molecular flexibility index (Phi) is 7.47. The van der Waals surface area contributed by atoms with Crippen LogP contribution in [0.2, 0.25) is 0 Å². The van der Waals surface area contributed by atoms with E-state index in [0.717, 1.165) is 17.1 Å². The smallest absolute Gasteiger partial charge is 0.357 e. The van der Waals surface area contributed by atoms with Gasteiger partial charge in [-0.3, -0.25) is 9.55 Å². The van der Waals surface area contributed by atoms with E-state index in [4.69, 9.17) is 13.8 Å². The average molecular weight is 408 g/mol. The number of phenols is 1. The Morgan fingerprint density at radius 2 is 1.79 bits per heavy atom. The van der Waals surface area contributed by atoms with Crippen molar-refractivity contribution >= 4 is 13.3 Å². The number of pyridine rings is 1. The van der Waals surface area contributed by atoms with E-state index in [2.05, 4.69) is 10.3 Å². The predicted molar refractivity (Wildman–Crippen MR) is 110 cm³/mol. The highest BCUT2D eigenvalue weighted by molar-refractivity contribution is 7.54. The van der Waals surface area contributed by atoms with Crippen molar-refractivity contribution in [1.82, 2.24) is 4.98 Å². The molecule has 0 saturated heterocycles. The molecular formula is C20H29N2O5P. The van der Waals surface area contributed by atoms with Crippen LogP contribution in [-0.2, 0) is 13.6 Å². The summed E-state index contributed by atoms with van der Waals surface area (Å²) in [4.78, 5) is 4.46. The fraction of sp³-hybridized carbons (Fsp3) is 0.450. The Morgan fingerprint density at radius 1 is 1.14 bits per heavy atom. The molecule has 2 aromatic rings. The molecule has 2 rings (SSSR count). The van der Waals surface area contributed by atoms with E-state index < -0.39 is 13.4 Å². The number of rotatable bonds is 9. The van der Waals surface area contributed by atoms with E-state index in [0.29, 0.717) is 16.9 Å². The minimum atomic E-state index is -3.59. The zero-order valence-corrected chi connectivity index (χ0v) is 18.2. The maximum absolute atomic E-state index is 13.7. The lowest BCUT2D eigenvalue weighted by atomic mass is 10.1. The second-order valence-electron chi connectivity index (χ2n) is 6.40. The average Bonchev–Trinajstić information content (AvgIpc) is 2.63. The second kappa shape index (κ2) is 9.41. The predicted octanol–water partition coefficient (Wildman–Crippen LogP) is 5.10. The molecule has 0 bridgehead atoms. The molecule has 0 aliphatic heterocycles. The number of aromatic nitrogens is 1. The molecule has 154 valence electrons. The molecular weight excluding hydrogens is 379 g/mol. The molecule has 0 radical (unpaired) electrons. The molecule has 28 heavy (non-hydrogen) atoms. The summed E-state index contributed by atoms with van der Waals surface area (Å²) in [5.74, 6) is -0.468. The van der Waals surface area contributed by atoms with Crippen LogP contribution in [0.15, 0.2) is 24.3 Å². The SMILES string of the molecule is CCOP(=O)(OCC)C(Nc1ccc(C)nc1C)c1cc(C)c(O)c(OC)c1. The topological polar surface area (TPSA) is 89.9 Å². The molecule has 0 aliphatic rings. The van der Waals surface area contributed by atoms with Crippen LogP contribution in [0, 0.1) is 20.8 Å². The van der Waals surface area contributed by atoms with Gasteiger partial charge in [-0.2, -0.15) is 0 Å². The molecule has 0 aliphatic carbocycles. The molecule has 1 aromatic heterocycles. The third-order valence-electron chi connectivity index (χ3n) is 4.28. The van der Waals surface area contributed by atoms with E-state index in [1.165, 1.54) is 7.11 Å². The number of aromatic hydroxyl groups is 1. The minimum Gasteiger partial charge on any atom is -0.504 e. The molecule has 1 atom stereocenters. The molecule has 0 saturated carbocycles. The highest BCUT2D eigenvalue weighted by atomic mass is 31.2. The maximum atomic E-state index is 13.7. The number of methoxy groups -OCH3 is 1. The zero-order valence-electron chi connectivity index (χ0n) is 17.3. The van der Waals surface area contributed by atoms with Crippen LogP contribution >= 0.6 is 7.60 Å². The number of nitrogens with one attached hydrogen (secondary N) is 1. The van der Waals surface area contributed by atoms with Gasteiger partial charge in [0.1, 0.15) is 0 Å². The van der Waals surface area contributed by atoms with Gasteiger partial charge < -0.3 is 24.2 Å². The largest absolute Gasteiger partial charge is 0.504 e. The highest BCUT2D eigenvalue weighted by Crippen LogP contribution is 2.61. The molecule has 8 heteroatoms. The van der Waals surface area contributed by atoms with Crippen LogP contribution in [0.5, 0.6) is 11.5 Å². The van der Waals surface area contributed by atoms with Gasteiger partial charge in [0, 0.05) is 5.69 Å². The van der Waals surface area contributed by atoms with E-state index in [-0.39, 0.29) is 19.0 Å². The van der Waals surface area contributed by atoms with Gasteiger partial charge in [0.2, 0.25) is 0 Å². The number of hydrogen-bond acceptors (Lipinski definition) is 7. The Labute approximate surface area is 166 Å². The van der Waals surface area contributed by atoms with Crippen LogP contribution in [-0.4, -0.2) is 30.4 Å². The summed E-state index contributed by atoms with van der Waals surface area (Å²) in [7, 11) is -2.12. The van der Waals surface area contributed by atoms with Crippen LogP contribution in [0.1, 0.15) is 42.1 Å². The van der Waals surface area contributed by atoms with E-state index >= 15 is 0 Å². The Bertz CT molecular complexity index is 862. The number of anilines is 1. The number of hydrogen-bond donors (Lipinski definition) is 2. The van der Waals surface area contributed by atoms with Gasteiger partial charge in [-0.1, -0.05) is 0 Å². The first-order valence-electron chi connectivity index (χ1n) is 9.22. The van der Waals surface area contributed by atoms with Crippen molar-refractivity contribution in [3.8, 4) is 11.5 Å². The molecule has 1 aromatic carbocycles. The number of phenolic OH excluding ortho intramolecular Hbond substituents is 1. The quantitative estimate of drug-likeness (QED) is 0.558. The molecule has 0 fully saturated rings. The van der Waals surface area contributed by atoms with Gasteiger partial charge in [0.05, 0.1) is 31.7 Å². The van der Waals surface area contributed by atoms with Gasteiger partial charge in [-0.15, -0.1) is 0 Å². The number of nitrogens with zero attached hydrogens (tertiary/aromatic N) is 1. The van der Waals surface area contributed by atoms with Crippen molar-refractivity contribution < 1.29 is 23.5 Å². The second-order valence-corrected chi connectivity index (χ2v) is 8.51. The molecule has 0 amide bonds. The van der Waals surface area contributed by atoms with E-state index in [1.807, 2.05) is 26.0 Å². The third-order valence-corrected chi connectivity index (χ3v) is 6.57. The lowest BCUT2D eigenvalue weighted by Crippen LogP contribution is -2.16. The van der Waals surface area contributed by atoms with Crippen molar-refractivity contribution in [3.63, 3.8) is 0 Å². The van der Waals surface area contributed by atoms with Crippen molar-refractivity contribution in [3.05, 3.63) is 46.8 Å². The Balaban J connectivity index is 2.61. The van der Waals surface area contributed by atoms with E-state index in [9.17, 15) is 9.67 Å². The van der Waals surface area contributed by atoms with Gasteiger partial charge in [-0.25, -0.2) is 0 Å². The summed E-state index contributed by atoms with van der Waals surface area (Å²) in [6, 6.07) is 7.15. The minimum absolute atomic E-state index is 0.0424. The van der Waals surface area contributed by atoms with Crippen LogP contribution in [0.4, 0.5) is 5.69 Å². The maximum Gasteiger partial charge on any atom is 0.357 e. The van der Waals surface area contributed by atoms with Crippen molar-refractivity contribution in [1.29, 1.82) is 0 Å². The zero-order chi connectivity index (χ0) is 20.9. The summed E-state index contributed by atoms with van der Waals surface area (Å²) in [5.41, 5.74) is 3.60. The molecule has 1 unspecified atom stereocenters. The first-order valence-corrected chi connectivity index (χ1v) is 10.8. The third kappa shape index (κ3) is 4.85. The molecule has 1 heterocycles. The molecule has 2 N–H and O–H groups in total. The van der Waals surface area contributed by atoms with Crippen molar-refractivity contribution in [2.75, 3.05) is 25.6 Å².